The molecule has 6 aliphatic rings. The van der Waals surface area contributed by atoms with E-state index in [9.17, 15) is 5.11 Å². The van der Waals surface area contributed by atoms with Crippen molar-refractivity contribution in [1.82, 2.24) is 0 Å². The first-order chi connectivity index (χ1) is 13.4. The van der Waals surface area contributed by atoms with Crippen LogP contribution in [0.3, 0.4) is 0 Å². The number of aliphatic hydroxyl groups excluding tert-OH is 1. The maximum Gasteiger partial charge on any atom is 0.156 e. The van der Waals surface area contributed by atoms with Crippen LogP contribution in [-0.4, -0.2) is 53.4 Å². The number of hydrogen-bond donors (Lipinski definition) is 1. The summed E-state index contributed by atoms with van der Waals surface area (Å²) in [7, 11) is 1.80. The molecule has 1 aromatic rings. The fourth-order valence-electron chi connectivity index (χ4n) is 8.09. The minimum atomic E-state index is -0.393. The Bertz CT molecular complexity index is 894. The number of epoxide rings is 3. The number of aliphatic hydroxyl groups is 1. The molecule has 1 N–H and O–H groups in total. The third kappa shape index (κ3) is 1.37. The van der Waals surface area contributed by atoms with Crippen LogP contribution in [0.4, 0.5) is 0 Å². The van der Waals surface area contributed by atoms with Crippen LogP contribution in [0.15, 0.2) is 10.7 Å². The van der Waals surface area contributed by atoms with Crippen molar-refractivity contribution in [3.05, 3.63) is 23.2 Å². The highest BCUT2D eigenvalue weighted by molar-refractivity contribution is 5.51. The molecule has 0 unspecified atom stereocenters. The van der Waals surface area contributed by atoms with E-state index in [0.717, 1.165) is 25.0 Å². The van der Waals surface area contributed by atoms with E-state index >= 15 is 0 Å². The lowest BCUT2D eigenvalue weighted by atomic mass is 9.47. The zero-order valence-electron chi connectivity index (χ0n) is 16.9. The Morgan fingerprint density at radius 1 is 1.25 bits per heavy atom. The van der Waals surface area contributed by atoms with Gasteiger partial charge in [0.2, 0.25) is 0 Å². The fraction of sp³-hybridized carbons (Fsp3) is 0.818. The van der Waals surface area contributed by atoms with Gasteiger partial charge < -0.3 is 28.5 Å². The van der Waals surface area contributed by atoms with E-state index in [2.05, 4.69) is 20.8 Å². The van der Waals surface area contributed by atoms with Crippen LogP contribution in [0.2, 0.25) is 0 Å². The number of furan rings is 1. The van der Waals surface area contributed by atoms with Gasteiger partial charge in [0.15, 0.2) is 5.60 Å². The molecule has 0 aromatic carbocycles. The molecule has 0 amide bonds. The monoisotopic (exact) mass is 388 g/mol. The van der Waals surface area contributed by atoms with E-state index in [1.165, 1.54) is 11.1 Å². The molecular formula is C22H28O6. The Morgan fingerprint density at radius 2 is 2.07 bits per heavy atom. The molecule has 4 heterocycles. The van der Waals surface area contributed by atoms with Gasteiger partial charge in [-0.3, -0.25) is 0 Å². The molecule has 152 valence electrons. The quantitative estimate of drug-likeness (QED) is 0.801. The summed E-state index contributed by atoms with van der Waals surface area (Å²) in [6.07, 6.45) is 4.95. The van der Waals surface area contributed by atoms with Crippen molar-refractivity contribution in [2.24, 2.45) is 11.3 Å². The van der Waals surface area contributed by atoms with Gasteiger partial charge in [0.05, 0.1) is 12.4 Å². The molecule has 28 heavy (non-hydrogen) atoms. The molecule has 6 heteroatoms. The van der Waals surface area contributed by atoms with E-state index in [1.54, 1.807) is 7.11 Å². The fourth-order valence-corrected chi connectivity index (χ4v) is 8.09. The summed E-state index contributed by atoms with van der Waals surface area (Å²) in [5, 5.41) is 9.66. The summed E-state index contributed by atoms with van der Waals surface area (Å²) >= 11 is 0. The van der Waals surface area contributed by atoms with Crippen LogP contribution in [-0.2, 0) is 32.0 Å². The van der Waals surface area contributed by atoms with Crippen LogP contribution >= 0.6 is 0 Å². The van der Waals surface area contributed by atoms with Gasteiger partial charge in [-0.05, 0) is 42.2 Å². The lowest BCUT2D eigenvalue weighted by Gasteiger charge is -2.53. The molecule has 2 saturated carbocycles. The van der Waals surface area contributed by atoms with Crippen LogP contribution in [0.1, 0.15) is 56.4 Å². The van der Waals surface area contributed by atoms with Gasteiger partial charge in [-0.15, -0.1) is 0 Å². The summed E-state index contributed by atoms with van der Waals surface area (Å²) < 4.78 is 31.5. The Hall–Kier alpha value is -0.920. The topological polar surface area (TPSA) is 80.2 Å². The average Bonchev–Trinajstić information content (AvgIpc) is 3.56. The highest BCUT2D eigenvalue weighted by Gasteiger charge is 3.00. The zero-order chi connectivity index (χ0) is 19.3. The van der Waals surface area contributed by atoms with E-state index in [1.807, 2.05) is 6.26 Å². The third-order valence-corrected chi connectivity index (χ3v) is 9.42. The molecular weight excluding hydrogens is 360 g/mol. The molecule has 2 spiro atoms. The van der Waals surface area contributed by atoms with E-state index < -0.39 is 5.60 Å². The largest absolute Gasteiger partial charge is 0.466 e. The Kier molecular flexibility index (Phi) is 2.73. The van der Waals surface area contributed by atoms with E-state index in [-0.39, 0.29) is 47.6 Å². The minimum Gasteiger partial charge on any atom is -0.466 e. The minimum absolute atomic E-state index is 0.0362. The highest BCUT2D eigenvalue weighted by atomic mass is 16.8. The van der Waals surface area contributed by atoms with Gasteiger partial charge in [-0.2, -0.15) is 0 Å². The molecule has 0 radical (unpaired) electrons. The molecule has 7 rings (SSSR count). The predicted molar refractivity (Wildman–Crippen MR) is 96.9 cm³/mol. The molecule has 3 aliphatic heterocycles. The molecule has 6 nitrogen and oxygen atoms in total. The van der Waals surface area contributed by atoms with Crippen molar-refractivity contribution in [2.75, 3.05) is 7.11 Å². The summed E-state index contributed by atoms with van der Waals surface area (Å²) in [6, 6.07) is 0. The van der Waals surface area contributed by atoms with Crippen LogP contribution in [0.5, 0.6) is 0 Å². The zero-order valence-corrected chi connectivity index (χ0v) is 16.9. The van der Waals surface area contributed by atoms with E-state index in [0.29, 0.717) is 11.8 Å². The second-order valence-electron chi connectivity index (χ2n) is 10.3. The molecule has 1 aromatic heterocycles. The van der Waals surface area contributed by atoms with Crippen LogP contribution in [0.25, 0.3) is 0 Å². The summed E-state index contributed by atoms with van der Waals surface area (Å²) in [5.41, 5.74) is 1.37. The van der Waals surface area contributed by atoms with Crippen LogP contribution in [0, 0.1) is 11.3 Å². The number of rotatable bonds is 3. The smallest absolute Gasteiger partial charge is 0.156 e. The van der Waals surface area contributed by atoms with Crippen molar-refractivity contribution in [3.63, 3.8) is 0 Å². The first kappa shape index (κ1) is 16.8. The second kappa shape index (κ2) is 4.54. The predicted octanol–water partition coefficient (Wildman–Crippen LogP) is 2.31. The van der Waals surface area contributed by atoms with Gasteiger partial charge in [0.1, 0.15) is 41.9 Å². The van der Waals surface area contributed by atoms with Crippen LogP contribution < -0.4 is 0 Å². The second-order valence-corrected chi connectivity index (χ2v) is 10.3. The standard InChI is InChI=1S/C22H28O6/c1-10(2)20-16(27-20)17-22(28-17)19(3)6-5-11-12(9-25-14(11)8-23)13(19)7-15-21(22,26-15)18(20)24-4/h9-10,13,15-18,23H,5-8H2,1-4H3/t13-,15-,16-,17-,18+,19-,20-,21+,22+/m0/s1. The normalized spacial score (nSPS) is 56.7. The van der Waals surface area contributed by atoms with Gasteiger partial charge in [-0.25, -0.2) is 0 Å². The molecule has 3 saturated heterocycles. The van der Waals surface area contributed by atoms with Crippen molar-refractivity contribution >= 4 is 0 Å². The van der Waals surface area contributed by atoms with Crippen molar-refractivity contribution < 1.29 is 28.5 Å². The number of fused-ring (bicyclic) bond motifs is 5. The maximum absolute atomic E-state index is 9.66. The Balaban J connectivity index is 1.38. The molecule has 3 aliphatic carbocycles. The van der Waals surface area contributed by atoms with E-state index in [4.69, 9.17) is 23.4 Å². The number of ether oxygens (including phenoxy) is 4. The molecule has 9 atom stereocenters. The average molecular weight is 388 g/mol. The van der Waals surface area contributed by atoms with Gasteiger partial charge in [0, 0.05) is 12.5 Å². The van der Waals surface area contributed by atoms with Crippen molar-refractivity contribution in [3.8, 4) is 0 Å². The first-order valence-corrected chi connectivity index (χ1v) is 10.7. The van der Waals surface area contributed by atoms with Crippen molar-refractivity contribution in [2.45, 2.75) is 93.8 Å². The highest BCUT2D eigenvalue weighted by Crippen LogP contribution is 2.83. The van der Waals surface area contributed by atoms with Gasteiger partial charge in [-0.1, -0.05) is 20.8 Å². The SMILES string of the molecule is CO[C@@H]1[C@@]2(C(C)C)O[C@H]2[C@@H]2O[C@]23[C@]12O[C@H]2C[C@H]1c2coc(CO)c2CC[C@@]13C. The lowest BCUT2D eigenvalue weighted by molar-refractivity contribution is -0.108. The van der Waals surface area contributed by atoms with Crippen molar-refractivity contribution in [1.29, 1.82) is 0 Å². The summed E-state index contributed by atoms with van der Waals surface area (Å²) in [6.45, 7) is 6.78. The third-order valence-electron chi connectivity index (χ3n) is 9.42. The number of hydrogen-bond acceptors (Lipinski definition) is 6. The van der Waals surface area contributed by atoms with Gasteiger partial charge >= 0.3 is 0 Å². The maximum atomic E-state index is 9.66. The molecule has 5 fully saturated rings. The first-order valence-electron chi connectivity index (χ1n) is 10.7. The number of methoxy groups -OCH3 is 1. The Morgan fingerprint density at radius 3 is 2.79 bits per heavy atom. The summed E-state index contributed by atoms with van der Waals surface area (Å²) in [5.74, 6) is 1.39. The lowest BCUT2D eigenvalue weighted by Crippen LogP contribution is -2.69. The summed E-state index contributed by atoms with van der Waals surface area (Å²) in [4.78, 5) is 0. The Labute approximate surface area is 164 Å². The molecule has 0 bridgehead atoms. The van der Waals surface area contributed by atoms with Gasteiger partial charge in [0.25, 0.3) is 0 Å².